The van der Waals surface area contributed by atoms with Crippen LogP contribution in [0.2, 0.25) is 0 Å². The Morgan fingerprint density at radius 3 is 2.77 bits per heavy atom. The fourth-order valence-electron chi connectivity index (χ4n) is 3.46. The van der Waals surface area contributed by atoms with Crippen LogP contribution in [-0.4, -0.2) is 58.2 Å². The van der Waals surface area contributed by atoms with E-state index >= 15 is 0 Å². The number of hydrogen-bond donors (Lipinski definition) is 3. The van der Waals surface area contributed by atoms with E-state index in [1.807, 2.05) is 12.1 Å². The molecule has 30 heavy (non-hydrogen) atoms. The summed E-state index contributed by atoms with van der Waals surface area (Å²) in [6.45, 7) is 4.92. The zero-order valence-electron chi connectivity index (χ0n) is 16.7. The number of aromatic nitrogens is 3. The van der Waals surface area contributed by atoms with Gasteiger partial charge in [0.25, 0.3) is 5.56 Å². The average molecular weight is 429 g/mol. The summed E-state index contributed by atoms with van der Waals surface area (Å²) in [5.74, 6) is 0.565. The largest absolute Gasteiger partial charge is 0.389 e. The molecule has 0 radical (unpaired) electrons. The van der Waals surface area contributed by atoms with E-state index in [1.54, 1.807) is 13.0 Å². The zero-order chi connectivity index (χ0) is 21.3. The second-order valence-corrected chi connectivity index (χ2v) is 8.31. The molecule has 1 atom stereocenters. The lowest BCUT2D eigenvalue weighted by Gasteiger charge is -2.27. The van der Waals surface area contributed by atoms with E-state index in [0.29, 0.717) is 21.3 Å². The fourth-order valence-corrected chi connectivity index (χ4v) is 4.34. The molecule has 0 spiro atoms. The van der Waals surface area contributed by atoms with Gasteiger partial charge in [-0.2, -0.15) is 9.61 Å². The monoisotopic (exact) mass is 428 g/mol. The quantitative estimate of drug-likeness (QED) is 0.514. The van der Waals surface area contributed by atoms with Crippen LogP contribution in [0.25, 0.3) is 15.5 Å². The SMILES string of the molecule is CC(O)c1cc(CC(=O)CN)cc(-c2nn3c(=O)cc(N4CCNCC4)nc3s2)c1. The van der Waals surface area contributed by atoms with Crippen molar-refractivity contribution in [1.82, 2.24) is 19.9 Å². The van der Waals surface area contributed by atoms with Gasteiger partial charge in [0.1, 0.15) is 10.8 Å². The van der Waals surface area contributed by atoms with Gasteiger partial charge in [-0.1, -0.05) is 17.4 Å². The van der Waals surface area contributed by atoms with Crippen molar-refractivity contribution in [3.63, 3.8) is 0 Å². The number of benzene rings is 1. The molecule has 1 aromatic carbocycles. The second-order valence-electron chi connectivity index (χ2n) is 7.35. The highest BCUT2D eigenvalue weighted by atomic mass is 32.1. The first-order valence-corrected chi connectivity index (χ1v) is 10.7. The van der Waals surface area contributed by atoms with Gasteiger partial charge in [-0.25, -0.2) is 4.98 Å². The van der Waals surface area contributed by atoms with Gasteiger partial charge >= 0.3 is 0 Å². The number of carbonyl (C=O) groups is 1. The summed E-state index contributed by atoms with van der Waals surface area (Å²) in [5.41, 5.74) is 7.36. The first-order chi connectivity index (χ1) is 14.4. The summed E-state index contributed by atoms with van der Waals surface area (Å²) in [7, 11) is 0. The van der Waals surface area contributed by atoms with Crippen LogP contribution in [0.15, 0.2) is 29.1 Å². The Morgan fingerprint density at radius 2 is 2.07 bits per heavy atom. The number of ketones is 1. The Bertz CT molecular complexity index is 1130. The summed E-state index contributed by atoms with van der Waals surface area (Å²) in [6, 6.07) is 6.97. The Balaban J connectivity index is 1.76. The lowest BCUT2D eigenvalue weighted by atomic mass is 9.99. The molecule has 1 aliphatic heterocycles. The zero-order valence-corrected chi connectivity index (χ0v) is 17.5. The predicted molar refractivity (Wildman–Crippen MR) is 116 cm³/mol. The van der Waals surface area contributed by atoms with Crippen molar-refractivity contribution >= 4 is 27.9 Å². The van der Waals surface area contributed by atoms with Gasteiger partial charge < -0.3 is 21.1 Å². The first-order valence-electron chi connectivity index (χ1n) is 9.85. The van der Waals surface area contributed by atoms with Crippen LogP contribution in [0.1, 0.15) is 24.2 Å². The number of anilines is 1. The minimum Gasteiger partial charge on any atom is -0.389 e. The maximum atomic E-state index is 12.6. The molecule has 9 nitrogen and oxygen atoms in total. The molecule has 1 unspecified atom stereocenters. The van der Waals surface area contributed by atoms with Crippen LogP contribution >= 0.6 is 11.3 Å². The molecule has 4 N–H and O–H groups in total. The number of nitrogens with two attached hydrogens (primary N) is 1. The van der Waals surface area contributed by atoms with Crippen molar-refractivity contribution in [2.75, 3.05) is 37.6 Å². The number of nitrogens with zero attached hydrogens (tertiary/aromatic N) is 4. The summed E-state index contributed by atoms with van der Waals surface area (Å²) in [6.07, 6.45) is -0.522. The normalized spacial score (nSPS) is 15.5. The maximum Gasteiger partial charge on any atom is 0.277 e. The van der Waals surface area contributed by atoms with Gasteiger partial charge in [0, 0.05) is 44.2 Å². The number of Topliss-reactive ketones (excluding diaryl/α,β-unsaturated/α-hetero) is 1. The topological polar surface area (TPSA) is 126 Å². The molecule has 10 heteroatoms. The third-order valence-corrected chi connectivity index (χ3v) is 6.00. The number of aliphatic hydroxyl groups is 1. The smallest absolute Gasteiger partial charge is 0.277 e. The predicted octanol–water partition coefficient (Wildman–Crippen LogP) is 0.351. The molecule has 3 aromatic rings. The lowest BCUT2D eigenvalue weighted by Crippen LogP contribution is -2.44. The van der Waals surface area contributed by atoms with Crippen LogP contribution in [0.3, 0.4) is 0 Å². The molecule has 0 bridgehead atoms. The Labute approximate surface area is 177 Å². The molecule has 158 valence electrons. The van der Waals surface area contributed by atoms with E-state index in [2.05, 4.69) is 20.3 Å². The number of nitrogens with one attached hydrogen (secondary N) is 1. The van der Waals surface area contributed by atoms with Gasteiger partial charge in [0.2, 0.25) is 4.96 Å². The van der Waals surface area contributed by atoms with Gasteiger partial charge in [-0.15, -0.1) is 0 Å². The van der Waals surface area contributed by atoms with Crippen molar-refractivity contribution in [3.05, 3.63) is 45.7 Å². The number of carbonyl (C=O) groups excluding carboxylic acids is 1. The molecular weight excluding hydrogens is 404 g/mol. The average Bonchev–Trinajstić information content (AvgIpc) is 3.19. The minimum absolute atomic E-state index is 0.0382. The molecule has 1 saturated heterocycles. The summed E-state index contributed by atoms with van der Waals surface area (Å²) in [4.78, 5) is 31.7. The highest BCUT2D eigenvalue weighted by Gasteiger charge is 2.17. The van der Waals surface area contributed by atoms with Crippen molar-refractivity contribution in [3.8, 4) is 10.6 Å². The van der Waals surface area contributed by atoms with Crippen LogP contribution in [-0.2, 0) is 11.2 Å². The lowest BCUT2D eigenvalue weighted by molar-refractivity contribution is -0.117. The Kier molecular flexibility index (Phi) is 5.91. The van der Waals surface area contributed by atoms with Crippen LogP contribution in [0.4, 0.5) is 5.82 Å². The Hall–Kier alpha value is -2.66. The Morgan fingerprint density at radius 1 is 1.30 bits per heavy atom. The minimum atomic E-state index is -0.703. The number of rotatable bonds is 6. The molecule has 2 aromatic heterocycles. The molecular formula is C20H24N6O3S. The van der Waals surface area contributed by atoms with E-state index in [0.717, 1.165) is 37.3 Å². The van der Waals surface area contributed by atoms with Gasteiger partial charge in [0.05, 0.1) is 12.6 Å². The van der Waals surface area contributed by atoms with E-state index in [9.17, 15) is 14.7 Å². The van der Waals surface area contributed by atoms with Crippen molar-refractivity contribution in [1.29, 1.82) is 0 Å². The fraction of sp³-hybridized carbons (Fsp3) is 0.400. The number of aliphatic hydroxyl groups excluding tert-OH is 1. The standard InChI is InChI=1S/C20H24N6O3S/c1-12(27)14-6-13(8-16(28)11-21)7-15(9-14)19-24-26-18(29)10-17(23-20(26)30-19)25-4-2-22-3-5-25/h6-7,9-10,12,22,27H,2-5,8,11,21H2,1H3. The molecule has 1 fully saturated rings. The summed E-state index contributed by atoms with van der Waals surface area (Å²) in [5, 5.41) is 18.4. The van der Waals surface area contributed by atoms with E-state index < -0.39 is 6.10 Å². The van der Waals surface area contributed by atoms with Crippen LogP contribution in [0, 0.1) is 0 Å². The molecule has 0 aliphatic carbocycles. The third kappa shape index (κ3) is 4.26. The first kappa shape index (κ1) is 20.6. The molecule has 0 saturated carbocycles. The number of fused-ring (bicyclic) bond motifs is 1. The highest BCUT2D eigenvalue weighted by Crippen LogP contribution is 2.29. The molecule has 0 amide bonds. The van der Waals surface area contributed by atoms with E-state index in [1.165, 1.54) is 21.9 Å². The van der Waals surface area contributed by atoms with Crippen LogP contribution in [0.5, 0.6) is 0 Å². The molecule has 3 heterocycles. The number of piperazine rings is 1. The van der Waals surface area contributed by atoms with Gasteiger partial charge in [-0.3, -0.25) is 9.59 Å². The molecule has 4 rings (SSSR count). The summed E-state index contributed by atoms with van der Waals surface area (Å²) < 4.78 is 1.30. The number of hydrogen-bond acceptors (Lipinski definition) is 9. The highest BCUT2D eigenvalue weighted by molar-refractivity contribution is 7.19. The summed E-state index contributed by atoms with van der Waals surface area (Å²) >= 11 is 1.30. The van der Waals surface area contributed by atoms with Crippen molar-refractivity contribution in [2.45, 2.75) is 19.4 Å². The third-order valence-electron chi connectivity index (χ3n) is 5.05. The van der Waals surface area contributed by atoms with Gasteiger partial charge in [0.15, 0.2) is 5.78 Å². The van der Waals surface area contributed by atoms with E-state index in [-0.39, 0.29) is 24.3 Å². The molecule has 1 aliphatic rings. The van der Waals surface area contributed by atoms with Crippen LogP contribution < -0.4 is 21.5 Å². The maximum absolute atomic E-state index is 12.6. The second kappa shape index (κ2) is 8.60. The van der Waals surface area contributed by atoms with Crippen molar-refractivity contribution < 1.29 is 9.90 Å². The van der Waals surface area contributed by atoms with Gasteiger partial charge in [-0.05, 0) is 30.2 Å². The van der Waals surface area contributed by atoms with E-state index in [4.69, 9.17) is 5.73 Å². The van der Waals surface area contributed by atoms with Crippen molar-refractivity contribution in [2.24, 2.45) is 5.73 Å².